The highest BCUT2D eigenvalue weighted by Crippen LogP contribution is 2.42. The monoisotopic (exact) mass is 2100 g/mol. The number of aliphatic hydroxyl groups is 8. The van der Waals surface area contributed by atoms with Crippen LogP contribution in [0.25, 0.3) is 0 Å². The van der Waals surface area contributed by atoms with Crippen molar-refractivity contribution in [3.63, 3.8) is 0 Å². The van der Waals surface area contributed by atoms with Crippen molar-refractivity contribution in [2.75, 3.05) is 105 Å². The second-order valence-electron chi connectivity index (χ2n) is 39.7. The first-order chi connectivity index (χ1) is 71.3. The predicted molar refractivity (Wildman–Crippen MR) is 504 cm³/mol. The first-order valence-electron chi connectivity index (χ1n) is 51.6. The number of ether oxygens (including phenoxy) is 17. The minimum atomic E-state index is -1.92. The summed E-state index contributed by atoms with van der Waals surface area (Å²) in [5.74, 6) is -7.05. The van der Waals surface area contributed by atoms with Crippen LogP contribution in [0.2, 0.25) is 0 Å². The van der Waals surface area contributed by atoms with E-state index in [1.165, 1.54) is 30.9 Å². The number of ketones is 2. The minimum absolute atomic E-state index is 0.00969. The van der Waals surface area contributed by atoms with Crippen LogP contribution in [0.1, 0.15) is 194 Å². The molecule has 4 amide bonds. The number of nitrogens with two attached hydrogens (primary N) is 2. The number of hydrogen-bond donors (Lipinski definition) is 16. The lowest BCUT2D eigenvalue weighted by atomic mass is 9.78. The van der Waals surface area contributed by atoms with E-state index in [1.54, 1.807) is 9.80 Å². The van der Waals surface area contributed by atoms with Crippen LogP contribution in [0.15, 0.2) is 43.7 Å². The summed E-state index contributed by atoms with van der Waals surface area (Å²) < 4.78 is 109. The smallest absolute Gasteiger partial charge is 0.328 e. The van der Waals surface area contributed by atoms with Crippen molar-refractivity contribution in [2.24, 2.45) is 35.1 Å². The number of esters is 2. The molecule has 826 valence electrons. The molecule has 6 saturated heterocycles. The van der Waals surface area contributed by atoms with Crippen molar-refractivity contribution in [2.45, 2.75) is 347 Å². The summed E-state index contributed by atoms with van der Waals surface area (Å²) in [5, 5.41) is 112. The molecule has 4 aromatic rings. The van der Waals surface area contributed by atoms with Gasteiger partial charge in [0.25, 0.3) is 34.7 Å². The topological polar surface area (TPSA) is 731 Å². The third-order valence-corrected chi connectivity index (χ3v) is 28.7. The molecule has 53 nitrogen and oxygen atoms in total. The first-order valence-corrected chi connectivity index (χ1v) is 51.6. The molecule has 0 spiro atoms. The Balaban J connectivity index is 0.561. The number of nitrogens with zero attached hydrogens (tertiary/aromatic N) is 8. The molecule has 10 heterocycles. The molecule has 28 atom stereocenters. The Hall–Kier alpha value is -9.20. The third-order valence-electron chi connectivity index (χ3n) is 28.7. The van der Waals surface area contributed by atoms with Crippen LogP contribution < -0.4 is 44.6 Å². The number of aromatic nitrogens is 10. The van der Waals surface area contributed by atoms with Gasteiger partial charge in [-0.1, -0.05) is 74.6 Å². The van der Waals surface area contributed by atoms with E-state index in [4.69, 9.17) is 92.0 Å². The number of rotatable bonds is 53. The molecule has 6 aliphatic heterocycles. The second kappa shape index (κ2) is 55.9. The van der Waals surface area contributed by atoms with Crippen molar-refractivity contribution in [3.8, 4) is 0 Å². The zero-order valence-electron chi connectivity index (χ0n) is 83.2. The van der Waals surface area contributed by atoms with Crippen LogP contribution in [0.4, 0.5) is 0 Å². The van der Waals surface area contributed by atoms with Crippen LogP contribution in [0.3, 0.4) is 0 Å². The van der Waals surface area contributed by atoms with E-state index >= 15 is 0 Å². The number of nitrogens with one attached hydrogen (secondary N) is 6. The molecule has 18 N–H and O–H groups in total. The quantitative estimate of drug-likeness (QED) is 0.0146. The molecular weight excluding hydrogens is 1960 g/mol. The Morgan fingerprint density at radius 1 is 0.473 bits per heavy atom. The summed E-state index contributed by atoms with van der Waals surface area (Å²) in [6.07, 6.45) is -23.1. The highest BCUT2D eigenvalue weighted by atomic mass is 16.8. The summed E-state index contributed by atoms with van der Waals surface area (Å²) in [6.45, 7) is 3.53. The van der Waals surface area contributed by atoms with Gasteiger partial charge in [0.05, 0.1) is 134 Å². The van der Waals surface area contributed by atoms with Gasteiger partial charge in [0.15, 0.2) is 37.4 Å². The maximum absolute atomic E-state index is 14.6. The van der Waals surface area contributed by atoms with Crippen LogP contribution in [-0.2, 0) is 136 Å². The van der Waals surface area contributed by atoms with Gasteiger partial charge in [-0.2, -0.15) is 0 Å². The molecule has 53 heteroatoms. The maximum Gasteiger partial charge on any atom is 0.328 e. The van der Waals surface area contributed by atoms with Crippen LogP contribution in [0.5, 0.6) is 0 Å². The number of amides is 4. The lowest BCUT2D eigenvalue weighted by Crippen LogP contribution is -2.65. The number of carbonyl (C=O) groups is 8. The number of hydrogen-bond acceptors (Lipinski definition) is 43. The van der Waals surface area contributed by atoms with E-state index in [0.29, 0.717) is 37.6 Å². The summed E-state index contributed by atoms with van der Waals surface area (Å²) in [6, 6.07) is -0.894. The minimum Gasteiger partial charge on any atom is -0.453 e. The van der Waals surface area contributed by atoms with Crippen LogP contribution >= 0.6 is 0 Å². The van der Waals surface area contributed by atoms with Crippen molar-refractivity contribution in [3.05, 3.63) is 89.0 Å². The number of H-pyrrole nitrogens is 4. The Morgan fingerprint density at radius 3 is 1.38 bits per heavy atom. The van der Waals surface area contributed by atoms with E-state index in [2.05, 4.69) is 41.2 Å². The van der Waals surface area contributed by atoms with Crippen molar-refractivity contribution < 1.29 is 160 Å². The van der Waals surface area contributed by atoms with Crippen LogP contribution in [-0.4, -0.2) is 412 Å². The lowest BCUT2D eigenvalue weighted by Gasteiger charge is -2.48. The summed E-state index contributed by atoms with van der Waals surface area (Å²) in [4.78, 5) is 177. The van der Waals surface area contributed by atoms with Gasteiger partial charge in [-0.15, -0.1) is 10.2 Å². The standard InChI is InChI=1S/C95H144N16O37/c1-50-76(121)64(115)41-75(138-50)147-81-58(98-87(126)60-39-71(117)102-94(130)100-60)35-54(62(113)17-9-19-96)37-66(81)143-93-86(84(78(123)70(46-112)144-93)141-69(90(129)109-23-12-24-109)34-53-15-7-4-8-16-53)146-74(120)45-111-43-57(105-107-111)48-136-32-30-134-28-26-132-25-27-133-29-31-135-47-56-42-110(106-104-56)44-73(119)145-85-83(140-68(89(128)108-21-11-22-108)33-52-13-5-3-6-14-52)65(116)49-137-92(85)142-67-38-55(63(114)18-10-20-97)36-59(99-88(127)61-40-72(118)103-95(131)101-61)82(67)148-91-80(125)79(124)77(122)51(2)139-91/h39-40,42-43,50-55,58-59,64-70,75-86,91-93,112,115-116,121-125H,3-38,41,44-49,96-97H2,1-2H3,(H,98,126)(H,99,127)(H2,100,102,117,130)(H2,101,103,118,131)/t50?,51?,54?,55?,58?,59?,64-,65+,66-,67-,68+,69+,70+,75+,76-,77-,78+,79+,80?,81-,82-,83?,84?,85?,86?,91+,92+,93-/m1/s1. The van der Waals surface area contributed by atoms with Crippen molar-refractivity contribution in [1.82, 2.24) is 70.4 Å². The molecule has 11 unspecified atom stereocenters. The molecule has 0 aromatic carbocycles. The highest BCUT2D eigenvalue weighted by Gasteiger charge is 2.57. The van der Waals surface area contributed by atoms with Gasteiger partial charge in [0.2, 0.25) is 0 Å². The maximum atomic E-state index is 14.6. The number of Topliss-reactive ketones (excluding diaryl/α,β-unsaturated/α-hetero) is 2. The molecule has 10 aliphatic rings. The molecule has 148 heavy (non-hydrogen) atoms. The van der Waals surface area contributed by atoms with Gasteiger partial charge in [0.1, 0.15) is 127 Å². The normalized spacial score (nSPS) is 31.2. The van der Waals surface area contributed by atoms with Gasteiger partial charge < -0.3 is 163 Å². The van der Waals surface area contributed by atoms with E-state index in [9.17, 15) is 98.4 Å². The van der Waals surface area contributed by atoms with E-state index < -0.39 is 255 Å². The highest BCUT2D eigenvalue weighted by molar-refractivity contribution is 5.93. The van der Waals surface area contributed by atoms with E-state index in [-0.39, 0.29) is 185 Å². The fourth-order valence-corrected chi connectivity index (χ4v) is 20.5. The largest absolute Gasteiger partial charge is 0.453 e. The Morgan fingerprint density at radius 2 is 0.926 bits per heavy atom. The molecule has 14 rings (SSSR count). The second-order valence-corrected chi connectivity index (χ2v) is 39.7. The van der Waals surface area contributed by atoms with Gasteiger partial charge in [0, 0.05) is 69.4 Å². The Labute approximate surface area is 850 Å². The molecule has 4 aliphatic carbocycles. The molecule has 4 saturated carbocycles. The van der Waals surface area contributed by atoms with E-state index in [1.807, 2.05) is 9.97 Å². The van der Waals surface area contributed by atoms with Gasteiger partial charge >= 0.3 is 23.3 Å². The van der Waals surface area contributed by atoms with Crippen molar-refractivity contribution >= 4 is 47.1 Å². The molecule has 4 aromatic heterocycles. The van der Waals surface area contributed by atoms with Gasteiger partial charge in [-0.25, -0.2) is 19.0 Å². The fraction of sp³-hybridized carbons (Fsp3) is 0.789. The van der Waals surface area contributed by atoms with E-state index in [0.717, 1.165) is 93.9 Å². The first kappa shape index (κ1) is 114. The Bertz CT molecular complexity index is 5100. The zero-order valence-corrected chi connectivity index (χ0v) is 83.2. The number of carbonyl (C=O) groups excluding carboxylic acids is 8. The molecule has 0 radical (unpaired) electrons. The summed E-state index contributed by atoms with van der Waals surface area (Å²) >= 11 is 0. The molecule has 0 bridgehead atoms. The lowest BCUT2D eigenvalue weighted by molar-refractivity contribution is -0.340. The predicted octanol–water partition coefficient (Wildman–Crippen LogP) is -4.80. The number of aliphatic hydroxyl groups excluding tert-OH is 8. The third kappa shape index (κ3) is 31.8. The molecule has 10 fully saturated rings. The fourth-order valence-electron chi connectivity index (χ4n) is 20.5. The average Bonchev–Trinajstić information content (AvgIpc) is 1.07. The van der Waals surface area contributed by atoms with Gasteiger partial charge in [-0.05, 0) is 103 Å². The zero-order chi connectivity index (χ0) is 105. The summed E-state index contributed by atoms with van der Waals surface area (Å²) in [5.41, 5.74) is 7.55. The van der Waals surface area contributed by atoms with Gasteiger partial charge in [-0.3, -0.25) is 57.9 Å². The summed E-state index contributed by atoms with van der Waals surface area (Å²) in [7, 11) is 0. The average molecular weight is 2100 g/mol. The number of likely N-dealkylation sites (tertiary alicyclic amines) is 2. The number of aromatic amines is 4. The Kier molecular flexibility index (Phi) is 43.2. The SMILES string of the molecule is CC1O[C@@H](O[C@@H]2C(NC(=O)c3cc(=O)[nH]c(=O)[nH]3)CC(C(=O)CCCN)C[C@H]2O[C@@H]2O[C@@H](CO)[C@H](O)C(O[C@@H](CC3CCCCC3)C(=O)N3CCC3)C2OC(=O)Cn2cc(COCCOCCOCCOCCOCc3cn(CC(=O)OC4C(O[C@@H](CC5CCCCC5)C(=O)N5CCC5)[C@@H](O)CO[C@H]4O[C@@H]4CC(C(=O)CCCN)CC(NC(=O)c5cc(=O)[nH]c(=O)[nH]5)[C@H]4O[C@@H]4OC(C)[C@@H](O)[C@H](O)C4O)nn3)nn2)C[C@@H](O)[C@@H]1O. The van der Waals surface area contributed by atoms with Crippen LogP contribution in [0, 0.1) is 23.7 Å². The molecular formula is C95H144N16O37. The van der Waals surface area contributed by atoms with Crippen molar-refractivity contribution in [1.29, 1.82) is 0 Å².